The molecule has 0 fully saturated rings. The molecule has 24 heavy (non-hydrogen) atoms. The molecule has 3 heteroatoms. The number of hydrogen-bond acceptors (Lipinski definition) is 2. The lowest BCUT2D eigenvalue weighted by Gasteiger charge is -2.09. The lowest BCUT2D eigenvalue weighted by atomic mass is 10.1. The summed E-state index contributed by atoms with van der Waals surface area (Å²) in [5.41, 5.74) is 3.58. The highest BCUT2D eigenvalue weighted by Crippen LogP contribution is 2.19. The first-order valence-electron chi connectivity index (χ1n) is 7.85. The number of anilines is 1. The number of ether oxygens (including phenoxy) is 1. The fourth-order valence-electron chi connectivity index (χ4n) is 2.31. The first-order valence-corrected chi connectivity index (χ1v) is 7.85. The van der Waals surface area contributed by atoms with E-state index >= 15 is 0 Å². The van der Waals surface area contributed by atoms with Crippen molar-refractivity contribution in [3.63, 3.8) is 0 Å². The minimum Gasteiger partial charge on any atom is -0.489 e. The van der Waals surface area contributed by atoms with Crippen molar-refractivity contribution in [1.82, 2.24) is 0 Å². The molecule has 3 rings (SSSR count). The Morgan fingerprint density at radius 3 is 2.42 bits per heavy atom. The molecule has 0 saturated heterocycles. The predicted molar refractivity (Wildman–Crippen MR) is 96.3 cm³/mol. The Morgan fingerprint density at radius 2 is 1.67 bits per heavy atom. The quantitative estimate of drug-likeness (QED) is 0.732. The van der Waals surface area contributed by atoms with Crippen LogP contribution in [-0.2, 0) is 6.61 Å². The summed E-state index contributed by atoms with van der Waals surface area (Å²) in [6.07, 6.45) is 0. The van der Waals surface area contributed by atoms with Gasteiger partial charge in [0, 0.05) is 17.3 Å². The maximum absolute atomic E-state index is 12.3. The van der Waals surface area contributed by atoms with Gasteiger partial charge < -0.3 is 10.1 Å². The number of hydrogen-bond donors (Lipinski definition) is 1. The zero-order valence-electron chi connectivity index (χ0n) is 13.5. The van der Waals surface area contributed by atoms with Crippen LogP contribution in [0.25, 0.3) is 0 Å². The summed E-state index contributed by atoms with van der Waals surface area (Å²) in [5.74, 6) is 0.593. The number of rotatable bonds is 5. The van der Waals surface area contributed by atoms with Gasteiger partial charge in [0.2, 0.25) is 0 Å². The zero-order chi connectivity index (χ0) is 16.8. The maximum atomic E-state index is 12.3. The third kappa shape index (κ3) is 4.23. The van der Waals surface area contributed by atoms with Crippen LogP contribution in [0.3, 0.4) is 0 Å². The summed E-state index contributed by atoms with van der Waals surface area (Å²) < 4.78 is 5.78. The van der Waals surface area contributed by atoms with Gasteiger partial charge in [-0.1, -0.05) is 54.1 Å². The number of aryl methyl sites for hydroxylation is 1. The van der Waals surface area contributed by atoms with Crippen molar-refractivity contribution in [2.45, 2.75) is 13.5 Å². The van der Waals surface area contributed by atoms with Crippen LogP contribution in [0.4, 0.5) is 5.69 Å². The van der Waals surface area contributed by atoms with E-state index in [0.717, 1.165) is 16.9 Å². The van der Waals surface area contributed by atoms with Gasteiger partial charge in [0.15, 0.2) is 0 Å². The molecule has 0 heterocycles. The van der Waals surface area contributed by atoms with Crippen LogP contribution >= 0.6 is 0 Å². The van der Waals surface area contributed by atoms with Gasteiger partial charge in [-0.15, -0.1) is 0 Å². The Hall–Kier alpha value is -3.07. The van der Waals surface area contributed by atoms with Crippen molar-refractivity contribution in [2.75, 3.05) is 5.32 Å². The van der Waals surface area contributed by atoms with Gasteiger partial charge in [-0.25, -0.2) is 0 Å². The average Bonchev–Trinajstić information content (AvgIpc) is 2.62. The molecule has 3 nitrogen and oxygen atoms in total. The minimum atomic E-state index is -0.129. The molecule has 0 bridgehead atoms. The first-order chi connectivity index (χ1) is 11.7. The van der Waals surface area contributed by atoms with E-state index in [2.05, 4.69) is 5.32 Å². The van der Waals surface area contributed by atoms with Crippen molar-refractivity contribution in [1.29, 1.82) is 0 Å². The second-order valence-corrected chi connectivity index (χ2v) is 5.62. The number of benzene rings is 3. The van der Waals surface area contributed by atoms with E-state index in [4.69, 9.17) is 4.74 Å². The Kier molecular flexibility index (Phi) is 4.92. The molecular formula is C21H19NO2. The van der Waals surface area contributed by atoms with Crippen LogP contribution in [0.5, 0.6) is 5.75 Å². The Labute approximate surface area is 141 Å². The van der Waals surface area contributed by atoms with Gasteiger partial charge in [0.05, 0.1) is 0 Å². The van der Waals surface area contributed by atoms with E-state index in [9.17, 15) is 4.79 Å². The van der Waals surface area contributed by atoms with Gasteiger partial charge in [0.25, 0.3) is 5.91 Å². The highest BCUT2D eigenvalue weighted by atomic mass is 16.5. The Bertz CT molecular complexity index is 811. The summed E-state index contributed by atoms with van der Waals surface area (Å²) in [6.45, 7) is 2.49. The molecule has 0 radical (unpaired) electrons. The van der Waals surface area contributed by atoms with Crippen molar-refractivity contribution in [2.24, 2.45) is 0 Å². The molecule has 0 unspecified atom stereocenters. The zero-order valence-corrected chi connectivity index (χ0v) is 13.5. The largest absolute Gasteiger partial charge is 0.489 e. The molecule has 0 aliphatic carbocycles. The lowest BCUT2D eigenvalue weighted by molar-refractivity contribution is 0.102. The van der Waals surface area contributed by atoms with Crippen molar-refractivity contribution >= 4 is 11.6 Å². The molecule has 3 aromatic carbocycles. The van der Waals surface area contributed by atoms with Crippen LogP contribution in [0, 0.1) is 6.92 Å². The predicted octanol–water partition coefficient (Wildman–Crippen LogP) is 4.83. The maximum Gasteiger partial charge on any atom is 0.255 e. The first kappa shape index (κ1) is 15.8. The molecular weight excluding hydrogens is 298 g/mol. The molecule has 1 N–H and O–H groups in total. The average molecular weight is 317 g/mol. The SMILES string of the molecule is Cc1ccc(C(=O)Nc2cccc(OCc3ccccc3)c2)cc1. The molecule has 3 aromatic rings. The second kappa shape index (κ2) is 7.47. The topological polar surface area (TPSA) is 38.3 Å². The van der Waals surface area contributed by atoms with Crippen LogP contribution in [0.1, 0.15) is 21.5 Å². The highest BCUT2D eigenvalue weighted by Gasteiger charge is 2.06. The molecule has 0 spiro atoms. The molecule has 1 amide bonds. The van der Waals surface area contributed by atoms with E-state index in [0.29, 0.717) is 17.9 Å². The molecule has 0 aromatic heterocycles. The van der Waals surface area contributed by atoms with E-state index in [-0.39, 0.29) is 5.91 Å². The summed E-state index contributed by atoms with van der Waals surface area (Å²) in [7, 11) is 0. The highest BCUT2D eigenvalue weighted by molar-refractivity contribution is 6.04. The van der Waals surface area contributed by atoms with E-state index in [1.54, 1.807) is 0 Å². The number of carbonyl (C=O) groups is 1. The lowest BCUT2D eigenvalue weighted by Crippen LogP contribution is -2.11. The van der Waals surface area contributed by atoms with E-state index < -0.39 is 0 Å². The van der Waals surface area contributed by atoms with E-state index in [1.165, 1.54) is 0 Å². The summed E-state index contributed by atoms with van der Waals surface area (Å²) in [4.78, 5) is 12.3. The van der Waals surface area contributed by atoms with Gasteiger partial charge in [0.1, 0.15) is 12.4 Å². The third-order valence-electron chi connectivity index (χ3n) is 3.65. The van der Waals surface area contributed by atoms with Gasteiger partial charge >= 0.3 is 0 Å². The fraction of sp³-hybridized carbons (Fsp3) is 0.0952. The molecule has 120 valence electrons. The minimum absolute atomic E-state index is 0.129. The van der Waals surface area contributed by atoms with E-state index in [1.807, 2.05) is 85.8 Å². The smallest absolute Gasteiger partial charge is 0.255 e. The molecule has 0 saturated carbocycles. The second-order valence-electron chi connectivity index (χ2n) is 5.62. The third-order valence-corrected chi connectivity index (χ3v) is 3.65. The number of carbonyl (C=O) groups excluding carboxylic acids is 1. The Morgan fingerprint density at radius 1 is 0.917 bits per heavy atom. The summed E-state index contributed by atoms with van der Waals surface area (Å²) in [6, 6.07) is 24.9. The van der Waals surface area contributed by atoms with Crippen LogP contribution < -0.4 is 10.1 Å². The monoisotopic (exact) mass is 317 g/mol. The summed E-state index contributed by atoms with van der Waals surface area (Å²) >= 11 is 0. The fourth-order valence-corrected chi connectivity index (χ4v) is 2.31. The van der Waals surface area contributed by atoms with Gasteiger partial charge in [-0.2, -0.15) is 0 Å². The van der Waals surface area contributed by atoms with Crippen LogP contribution in [-0.4, -0.2) is 5.91 Å². The van der Waals surface area contributed by atoms with Crippen LogP contribution in [0.15, 0.2) is 78.9 Å². The number of nitrogens with one attached hydrogen (secondary N) is 1. The van der Waals surface area contributed by atoms with Crippen molar-refractivity contribution in [3.8, 4) is 5.75 Å². The van der Waals surface area contributed by atoms with Gasteiger partial charge in [-0.05, 0) is 36.8 Å². The standard InChI is InChI=1S/C21H19NO2/c1-16-10-12-18(13-11-16)21(23)22-19-8-5-9-20(14-19)24-15-17-6-3-2-4-7-17/h2-14H,15H2,1H3,(H,22,23). The van der Waals surface area contributed by atoms with Crippen molar-refractivity contribution in [3.05, 3.63) is 95.6 Å². The molecule has 0 aliphatic heterocycles. The Balaban J connectivity index is 1.64. The van der Waals surface area contributed by atoms with Gasteiger partial charge in [-0.3, -0.25) is 4.79 Å². The van der Waals surface area contributed by atoms with Crippen LogP contribution in [0.2, 0.25) is 0 Å². The normalized spacial score (nSPS) is 10.2. The molecule has 0 atom stereocenters. The van der Waals surface area contributed by atoms with Crippen molar-refractivity contribution < 1.29 is 9.53 Å². The molecule has 0 aliphatic rings. The summed E-state index contributed by atoms with van der Waals surface area (Å²) in [5, 5.41) is 2.90. The number of amides is 1.